The van der Waals surface area contributed by atoms with Crippen molar-refractivity contribution in [1.29, 1.82) is 5.26 Å². The Kier molecular flexibility index (Phi) is 3.88. The molecule has 2 unspecified atom stereocenters. The average molecular weight is 303 g/mol. The lowest BCUT2D eigenvalue weighted by molar-refractivity contribution is 0.157. The number of fused-ring (bicyclic) bond motifs is 1. The number of hydrogen-bond acceptors (Lipinski definition) is 3. The van der Waals surface area contributed by atoms with Crippen molar-refractivity contribution >= 4 is 22.6 Å². The Morgan fingerprint density at radius 3 is 2.95 bits per heavy atom. The van der Waals surface area contributed by atoms with Gasteiger partial charge in [0.2, 0.25) is 0 Å². The topological polar surface area (TPSA) is 44.9 Å². The molecule has 0 bridgehead atoms. The first-order valence-electron chi connectivity index (χ1n) is 7.31. The van der Waals surface area contributed by atoms with Crippen molar-refractivity contribution in [3.8, 4) is 6.07 Å². The lowest BCUT2D eigenvalue weighted by atomic mass is 9.98. The van der Waals surface area contributed by atoms with Gasteiger partial charge in [-0.1, -0.05) is 0 Å². The minimum atomic E-state index is 0.400. The molecule has 0 radical (unpaired) electrons. The van der Waals surface area contributed by atoms with E-state index in [1.807, 2.05) is 18.2 Å². The molecule has 3 rings (SSSR count). The van der Waals surface area contributed by atoms with E-state index in [9.17, 15) is 0 Å². The molecule has 1 aliphatic heterocycles. The van der Waals surface area contributed by atoms with Crippen LogP contribution in [0.15, 0.2) is 18.2 Å². The Bertz CT molecular complexity index is 700. The van der Waals surface area contributed by atoms with E-state index in [0.717, 1.165) is 36.2 Å². The highest BCUT2D eigenvalue weighted by molar-refractivity contribution is 6.16. The molecule has 0 aliphatic carbocycles. The zero-order valence-corrected chi connectivity index (χ0v) is 13.1. The fraction of sp³-hybridized carbons (Fsp3) is 0.500. The molecule has 0 saturated carbocycles. The van der Waals surface area contributed by atoms with Crippen molar-refractivity contribution in [3.63, 3.8) is 0 Å². The summed E-state index contributed by atoms with van der Waals surface area (Å²) in [6.45, 7) is 3.33. The van der Waals surface area contributed by atoms with Gasteiger partial charge in [0.1, 0.15) is 5.82 Å². The number of imidazole rings is 1. The second-order valence-electron chi connectivity index (χ2n) is 5.85. The zero-order chi connectivity index (χ0) is 15.0. The van der Waals surface area contributed by atoms with Crippen molar-refractivity contribution in [2.24, 2.45) is 0 Å². The van der Waals surface area contributed by atoms with Crippen LogP contribution in [0.1, 0.15) is 37.2 Å². The molecule has 2 aromatic rings. The third kappa shape index (κ3) is 2.52. The zero-order valence-electron chi connectivity index (χ0n) is 12.4. The van der Waals surface area contributed by atoms with Crippen LogP contribution in [0.3, 0.4) is 0 Å². The Hall–Kier alpha value is -1.57. The molecular weight excluding hydrogens is 284 g/mol. The third-order valence-corrected chi connectivity index (χ3v) is 4.80. The summed E-state index contributed by atoms with van der Waals surface area (Å²) in [6.07, 6.45) is 2.18. The van der Waals surface area contributed by atoms with Crippen LogP contribution in [0, 0.1) is 11.3 Å². The van der Waals surface area contributed by atoms with Crippen LogP contribution in [0.4, 0.5) is 0 Å². The molecule has 0 spiro atoms. The highest BCUT2D eigenvalue weighted by Gasteiger charge is 2.27. The van der Waals surface area contributed by atoms with Gasteiger partial charge in [-0.25, -0.2) is 4.98 Å². The summed E-state index contributed by atoms with van der Waals surface area (Å²) >= 11 is 6.10. The van der Waals surface area contributed by atoms with E-state index in [-0.39, 0.29) is 0 Å². The quantitative estimate of drug-likeness (QED) is 0.800. The van der Waals surface area contributed by atoms with Gasteiger partial charge >= 0.3 is 0 Å². The van der Waals surface area contributed by atoms with Crippen LogP contribution >= 0.6 is 11.6 Å². The first kappa shape index (κ1) is 14.4. The standard InChI is InChI=1S/C16H19ClN4/c1-11-7-13(5-6-20(11)2)21-15-8-12(10-18)3-4-14(15)19-16(21)9-17/h3-4,8,11,13H,5-7,9H2,1-2H3. The van der Waals surface area contributed by atoms with Gasteiger partial charge in [0.15, 0.2) is 0 Å². The molecule has 1 fully saturated rings. The Morgan fingerprint density at radius 2 is 2.29 bits per heavy atom. The number of aromatic nitrogens is 2. The van der Waals surface area contributed by atoms with Crippen LogP contribution < -0.4 is 0 Å². The van der Waals surface area contributed by atoms with E-state index in [2.05, 4.69) is 34.5 Å². The Labute approximate surface area is 129 Å². The third-order valence-electron chi connectivity index (χ3n) is 4.56. The van der Waals surface area contributed by atoms with Crippen molar-refractivity contribution in [1.82, 2.24) is 14.5 Å². The fourth-order valence-corrected chi connectivity index (χ4v) is 3.40. The molecule has 1 aliphatic rings. The van der Waals surface area contributed by atoms with E-state index < -0.39 is 0 Å². The number of benzene rings is 1. The number of halogens is 1. The summed E-state index contributed by atoms with van der Waals surface area (Å²) in [6, 6.07) is 8.82. The monoisotopic (exact) mass is 302 g/mol. The largest absolute Gasteiger partial charge is 0.324 e. The van der Waals surface area contributed by atoms with E-state index in [0.29, 0.717) is 23.5 Å². The van der Waals surface area contributed by atoms with Crippen molar-refractivity contribution in [2.45, 2.75) is 37.7 Å². The van der Waals surface area contributed by atoms with Crippen LogP contribution in [0.2, 0.25) is 0 Å². The highest BCUT2D eigenvalue weighted by Crippen LogP contribution is 2.31. The normalized spacial score (nSPS) is 23.3. The number of nitriles is 1. The summed E-state index contributed by atoms with van der Waals surface area (Å²) in [5, 5.41) is 9.13. The van der Waals surface area contributed by atoms with Gasteiger partial charge in [0.05, 0.1) is 28.5 Å². The lowest BCUT2D eigenvalue weighted by Gasteiger charge is -2.36. The molecule has 4 nitrogen and oxygen atoms in total. The molecule has 110 valence electrons. The Morgan fingerprint density at radius 1 is 1.48 bits per heavy atom. The maximum atomic E-state index is 9.13. The second kappa shape index (κ2) is 5.67. The number of likely N-dealkylation sites (tertiary alicyclic amines) is 1. The SMILES string of the molecule is CC1CC(n2c(CCl)nc3ccc(C#N)cc32)CCN1C. The van der Waals surface area contributed by atoms with Crippen LogP contribution in [-0.4, -0.2) is 34.1 Å². The van der Waals surface area contributed by atoms with Crippen molar-refractivity contribution in [2.75, 3.05) is 13.6 Å². The van der Waals surface area contributed by atoms with Gasteiger partial charge in [0.25, 0.3) is 0 Å². The summed E-state index contributed by atoms with van der Waals surface area (Å²) in [4.78, 5) is 7.02. The Balaban J connectivity index is 2.09. The van der Waals surface area contributed by atoms with Crippen molar-refractivity contribution in [3.05, 3.63) is 29.6 Å². The average Bonchev–Trinajstić information content (AvgIpc) is 2.87. The van der Waals surface area contributed by atoms with E-state index in [1.54, 1.807) is 0 Å². The van der Waals surface area contributed by atoms with Crippen molar-refractivity contribution < 1.29 is 0 Å². The van der Waals surface area contributed by atoms with Gasteiger partial charge in [-0.15, -0.1) is 11.6 Å². The van der Waals surface area contributed by atoms with Crippen LogP contribution in [0.25, 0.3) is 11.0 Å². The second-order valence-corrected chi connectivity index (χ2v) is 6.12. The first-order chi connectivity index (χ1) is 10.1. The van der Waals surface area contributed by atoms with E-state index in [4.69, 9.17) is 16.9 Å². The van der Waals surface area contributed by atoms with Gasteiger partial charge in [-0.3, -0.25) is 0 Å². The molecule has 1 aromatic heterocycles. The highest BCUT2D eigenvalue weighted by atomic mass is 35.5. The molecule has 2 atom stereocenters. The van der Waals surface area contributed by atoms with Crippen LogP contribution in [0.5, 0.6) is 0 Å². The van der Waals surface area contributed by atoms with Gasteiger partial charge in [-0.2, -0.15) is 5.26 Å². The molecular formula is C16H19ClN4. The molecule has 1 aromatic carbocycles. The minimum Gasteiger partial charge on any atom is -0.324 e. The first-order valence-corrected chi connectivity index (χ1v) is 7.84. The maximum Gasteiger partial charge on any atom is 0.125 e. The predicted octanol–water partition coefficient (Wildman–Crippen LogP) is 3.30. The molecule has 0 amide bonds. The fourth-order valence-electron chi connectivity index (χ4n) is 3.21. The number of hydrogen-bond donors (Lipinski definition) is 0. The summed E-state index contributed by atoms with van der Waals surface area (Å²) in [5.41, 5.74) is 2.63. The summed E-state index contributed by atoms with van der Waals surface area (Å²) < 4.78 is 2.26. The van der Waals surface area contributed by atoms with E-state index >= 15 is 0 Å². The number of nitrogens with zero attached hydrogens (tertiary/aromatic N) is 4. The molecule has 1 saturated heterocycles. The smallest absolute Gasteiger partial charge is 0.125 e. The van der Waals surface area contributed by atoms with Gasteiger partial charge < -0.3 is 9.47 Å². The van der Waals surface area contributed by atoms with Gasteiger partial charge in [-0.05, 0) is 45.0 Å². The predicted molar refractivity (Wildman–Crippen MR) is 84.4 cm³/mol. The minimum absolute atomic E-state index is 0.400. The summed E-state index contributed by atoms with van der Waals surface area (Å²) in [7, 11) is 2.17. The van der Waals surface area contributed by atoms with Crippen LogP contribution in [-0.2, 0) is 5.88 Å². The molecule has 5 heteroatoms. The number of rotatable bonds is 2. The van der Waals surface area contributed by atoms with E-state index in [1.165, 1.54) is 0 Å². The number of alkyl halides is 1. The molecule has 0 N–H and O–H groups in total. The summed E-state index contributed by atoms with van der Waals surface area (Å²) in [5.74, 6) is 1.31. The molecule has 21 heavy (non-hydrogen) atoms. The van der Waals surface area contributed by atoms with Gasteiger partial charge in [0, 0.05) is 18.6 Å². The maximum absolute atomic E-state index is 9.13. The number of piperidine rings is 1. The lowest BCUT2D eigenvalue weighted by Crippen LogP contribution is -2.38. The molecule has 2 heterocycles.